The summed E-state index contributed by atoms with van der Waals surface area (Å²) in [4.78, 5) is 37.8. The van der Waals surface area contributed by atoms with E-state index in [1.807, 2.05) is 0 Å². The van der Waals surface area contributed by atoms with Gasteiger partial charge in [0.1, 0.15) is 13.2 Å². The van der Waals surface area contributed by atoms with Crippen LogP contribution in [0, 0.1) is 0 Å². The summed E-state index contributed by atoms with van der Waals surface area (Å²) in [7, 11) is 0. The molecule has 0 aromatic heterocycles. The summed E-state index contributed by atoms with van der Waals surface area (Å²) in [6.45, 7) is 6.65. The minimum atomic E-state index is -0.758. The van der Waals surface area contributed by atoms with E-state index < -0.39 is 6.10 Å². The molecule has 0 N–H and O–H groups in total. The predicted molar refractivity (Wildman–Crippen MR) is 233 cm³/mol. The van der Waals surface area contributed by atoms with Gasteiger partial charge in [0.2, 0.25) is 0 Å². The Hall–Kier alpha value is -1.59. The number of hydrogen-bond donors (Lipinski definition) is 0. The molecule has 0 radical (unpaired) electrons. The first kappa shape index (κ1) is 53.4. The molecule has 0 bridgehead atoms. The van der Waals surface area contributed by atoms with E-state index in [0.717, 1.165) is 57.8 Å². The molecule has 0 heterocycles. The number of esters is 3. The van der Waals surface area contributed by atoms with Crippen LogP contribution < -0.4 is 0 Å². The van der Waals surface area contributed by atoms with Gasteiger partial charge in [0.15, 0.2) is 6.10 Å². The van der Waals surface area contributed by atoms with Crippen LogP contribution in [0.1, 0.15) is 278 Å². The Morgan fingerprint density at radius 2 is 0.491 bits per heavy atom. The molecule has 326 valence electrons. The quantitative estimate of drug-likeness (QED) is 0.0348. The molecule has 0 spiro atoms. The number of carbonyl (C=O) groups excluding carboxylic acids is 3. The second kappa shape index (κ2) is 45.1. The molecule has 0 unspecified atom stereocenters. The fourth-order valence-electron chi connectivity index (χ4n) is 7.38. The minimum Gasteiger partial charge on any atom is -0.462 e. The SMILES string of the molecule is CCCCCCCCCCCCCCCCCC(=O)O[C@H](COC(=O)CCCCCCCCCCC)COC(=O)CCCCCCCCCCCCCCC. The third-order valence-corrected chi connectivity index (χ3v) is 11.1. The Labute approximate surface area is 342 Å². The van der Waals surface area contributed by atoms with Crippen molar-refractivity contribution in [2.75, 3.05) is 13.2 Å². The number of hydrogen-bond acceptors (Lipinski definition) is 6. The normalized spacial score (nSPS) is 11.8. The lowest BCUT2D eigenvalue weighted by atomic mass is 10.0. The van der Waals surface area contributed by atoms with Crippen molar-refractivity contribution in [2.45, 2.75) is 284 Å². The van der Waals surface area contributed by atoms with Crippen LogP contribution in [0.2, 0.25) is 0 Å². The van der Waals surface area contributed by atoms with Crippen molar-refractivity contribution in [2.24, 2.45) is 0 Å². The largest absolute Gasteiger partial charge is 0.462 e. The van der Waals surface area contributed by atoms with Crippen molar-refractivity contribution in [3.63, 3.8) is 0 Å². The van der Waals surface area contributed by atoms with E-state index in [4.69, 9.17) is 14.2 Å². The summed E-state index contributed by atoms with van der Waals surface area (Å²) >= 11 is 0. The lowest BCUT2D eigenvalue weighted by Gasteiger charge is -2.18. The second-order valence-corrected chi connectivity index (χ2v) is 16.7. The van der Waals surface area contributed by atoms with Crippen LogP contribution in [0.5, 0.6) is 0 Å². The Kier molecular flexibility index (Phi) is 43.8. The van der Waals surface area contributed by atoms with Gasteiger partial charge in [-0.25, -0.2) is 0 Å². The van der Waals surface area contributed by atoms with Gasteiger partial charge in [-0.2, -0.15) is 0 Å². The van der Waals surface area contributed by atoms with Gasteiger partial charge >= 0.3 is 17.9 Å². The molecule has 0 aliphatic rings. The van der Waals surface area contributed by atoms with E-state index in [-0.39, 0.29) is 31.1 Å². The molecular formula is C49H94O6. The Morgan fingerprint density at radius 1 is 0.291 bits per heavy atom. The number of rotatable bonds is 45. The molecular weight excluding hydrogens is 685 g/mol. The first-order valence-electron chi connectivity index (χ1n) is 24.5. The second-order valence-electron chi connectivity index (χ2n) is 16.7. The molecule has 0 aromatic carbocycles. The topological polar surface area (TPSA) is 78.9 Å². The summed E-state index contributed by atoms with van der Waals surface area (Å²) in [6.07, 6.45) is 46.5. The van der Waals surface area contributed by atoms with Crippen LogP contribution in [0.15, 0.2) is 0 Å². The van der Waals surface area contributed by atoms with Crippen LogP contribution in [-0.4, -0.2) is 37.2 Å². The Morgan fingerprint density at radius 3 is 0.727 bits per heavy atom. The van der Waals surface area contributed by atoms with E-state index >= 15 is 0 Å². The third-order valence-electron chi connectivity index (χ3n) is 11.1. The monoisotopic (exact) mass is 779 g/mol. The molecule has 6 heteroatoms. The van der Waals surface area contributed by atoms with Crippen LogP contribution in [-0.2, 0) is 28.6 Å². The lowest BCUT2D eigenvalue weighted by Crippen LogP contribution is -2.30. The zero-order valence-electron chi connectivity index (χ0n) is 37.2. The fraction of sp³-hybridized carbons (Fsp3) is 0.939. The average Bonchev–Trinajstić information content (AvgIpc) is 3.18. The van der Waals surface area contributed by atoms with Crippen molar-refractivity contribution in [3.8, 4) is 0 Å². The number of unbranched alkanes of at least 4 members (excludes halogenated alkanes) is 34. The maximum atomic E-state index is 12.7. The van der Waals surface area contributed by atoms with E-state index in [2.05, 4.69) is 20.8 Å². The maximum absolute atomic E-state index is 12.7. The summed E-state index contributed by atoms with van der Waals surface area (Å²) in [5.74, 6) is -0.848. The third kappa shape index (κ3) is 43.4. The Balaban J connectivity index is 4.28. The van der Waals surface area contributed by atoms with E-state index in [0.29, 0.717) is 19.3 Å². The highest BCUT2D eigenvalue weighted by atomic mass is 16.6. The molecule has 0 fully saturated rings. The molecule has 0 aromatic rings. The predicted octanol–water partition coefficient (Wildman–Crippen LogP) is 15.6. The standard InChI is InChI=1S/C49H94O6/c1-4-7-10-13-16-19-21-23-24-26-28-31-34-37-40-43-49(52)55-46(44-53-47(50)41-38-35-32-29-18-15-12-9-6-3)45-54-48(51)42-39-36-33-30-27-25-22-20-17-14-11-8-5-2/h46H,4-45H2,1-3H3/t46-/m1/s1. The highest BCUT2D eigenvalue weighted by Crippen LogP contribution is 2.16. The van der Waals surface area contributed by atoms with Crippen molar-refractivity contribution in [1.29, 1.82) is 0 Å². The smallest absolute Gasteiger partial charge is 0.306 e. The van der Waals surface area contributed by atoms with E-state index in [9.17, 15) is 14.4 Å². The molecule has 0 aliphatic carbocycles. The molecule has 6 nitrogen and oxygen atoms in total. The van der Waals surface area contributed by atoms with Crippen molar-refractivity contribution in [1.82, 2.24) is 0 Å². The van der Waals surface area contributed by atoms with Gasteiger partial charge in [-0.05, 0) is 19.3 Å². The molecule has 0 aliphatic heterocycles. The molecule has 55 heavy (non-hydrogen) atoms. The van der Waals surface area contributed by atoms with Crippen molar-refractivity contribution in [3.05, 3.63) is 0 Å². The summed E-state index contributed by atoms with van der Waals surface area (Å²) in [5.41, 5.74) is 0. The van der Waals surface area contributed by atoms with E-state index in [1.165, 1.54) is 180 Å². The van der Waals surface area contributed by atoms with Gasteiger partial charge in [0, 0.05) is 19.3 Å². The van der Waals surface area contributed by atoms with Crippen molar-refractivity contribution >= 4 is 17.9 Å². The van der Waals surface area contributed by atoms with Crippen LogP contribution in [0.25, 0.3) is 0 Å². The molecule has 0 saturated heterocycles. The van der Waals surface area contributed by atoms with Gasteiger partial charge in [0.25, 0.3) is 0 Å². The van der Waals surface area contributed by atoms with Crippen LogP contribution >= 0.6 is 0 Å². The summed E-state index contributed by atoms with van der Waals surface area (Å²) < 4.78 is 16.7. The minimum absolute atomic E-state index is 0.0623. The van der Waals surface area contributed by atoms with Gasteiger partial charge < -0.3 is 14.2 Å². The van der Waals surface area contributed by atoms with Crippen LogP contribution in [0.4, 0.5) is 0 Å². The molecule has 0 amide bonds. The maximum Gasteiger partial charge on any atom is 0.306 e. The summed E-state index contributed by atoms with van der Waals surface area (Å²) in [5, 5.41) is 0. The molecule has 0 saturated carbocycles. The lowest BCUT2D eigenvalue weighted by molar-refractivity contribution is -0.167. The highest BCUT2D eigenvalue weighted by Gasteiger charge is 2.19. The van der Waals surface area contributed by atoms with Gasteiger partial charge in [0.05, 0.1) is 0 Å². The first-order chi connectivity index (χ1) is 27.0. The number of carbonyl (C=O) groups is 3. The van der Waals surface area contributed by atoms with Gasteiger partial charge in [-0.1, -0.05) is 239 Å². The molecule has 0 rings (SSSR count). The van der Waals surface area contributed by atoms with Gasteiger partial charge in [-0.15, -0.1) is 0 Å². The average molecular weight is 779 g/mol. The summed E-state index contributed by atoms with van der Waals surface area (Å²) in [6, 6.07) is 0. The van der Waals surface area contributed by atoms with E-state index in [1.54, 1.807) is 0 Å². The van der Waals surface area contributed by atoms with Crippen molar-refractivity contribution < 1.29 is 28.6 Å². The zero-order valence-corrected chi connectivity index (χ0v) is 37.2. The highest BCUT2D eigenvalue weighted by molar-refractivity contribution is 5.71. The first-order valence-corrected chi connectivity index (χ1v) is 24.5. The van der Waals surface area contributed by atoms with Gasteiger partial charge in [-0.3, -0.25) is 14.4 Å². The van der Waals surface area contributed by atoms with Crippen LogP contribution in [0.3, 0.4) is 0 Å². The Bertz CT molecular complexity index is 813. The number of ether oxygens (including phenoxy) is 3. The zero-order chi connectivity index (χ0) is 40.1. The molecule has 1 atom stereocenters. The fourth-order valence-corrected chi connectivity index (χ4v) is 7.38.